The number of carboxylic acid groups (broad SMARTS) is 2. The summed E-state index contributed by atoms with van der Waals surface area (Å²) in [6, 6.07) is 3.51. The average molecular weight is 306 g/mol. The van der Waals surface area contributed by atoms with Crippen LogP contribution in [0.15, 0.2) is 18.2 Å². The summed E-state index contributed by atoms with van der Waals surface area (Å²) in [5.41, 5.74) is 5.98. The van der Waals surface area contributed by atoms with Crippen LogP contribution in [0.1, 0.15) is 12.0 Å². The third-order valence-electron chi connectivity index (χ3n) is 2.61. The van der Waals surface area contributed by atoms with Gasteiger partial charge in [0.25, 0.3) is 0 Å². The molecule has 1 aromatic rings. The zero-order valence-electron chi connectivity index (χ0n) is 9.85. The molecule has 0 unspecified atom stereocenters. The van der Waals surface area contributed by atoms with Crippen molar-refractivity contribution in [2.75, 3.05) is 0 Å². The molecule has 0 aliphatic rings. The fourth-order valence-corrected chi connectivity index (χ4v) is 2.26. The number of rotatable bonds is 6. The number of hydrogen-bond acceptors (Lipinski definition) is 3. The number of nitrogens with two attached hydrogens (primary N) is 1. The summed E-state index contributed by atoms with van der Waals surface area (Å²) in [6.45, 7) is 0. The molecule has 0 spiro atoms. The fraction of sp³-hybridized carbons (Fsp3) is 0.333. The molecule has 19 heavy (non-hydrogen) atoms. The maximum atomic E-state index is 11.1. The van der Waals surface area contributed by atoms with Crippen LogP contribution in [-0.2, 0) is 16.0 Å². The van der Waals surface area contributed by atoms with Crippen LogP contribution in [0, 0.1) is 5.92 Å². The molecular weight excluding hydrogens is 293 g/mol. The molecule has 0 aromatic heterocycles. The van der Waals surface area contributed by atoms with Gasteiger partial charge in [0, 0.05) is 10.0 Å². The van der Waals surface area contributed by atoms with E-state index in [1.54, 1.807) is 12.1 Å². The molecule has 0 bridgehead atoms. The second-order valence-electron chi connectivity index (χ2n) is 4.20. The van der Waals surface area contributed by atoms with Gasteiger partial charge in [0.15, 0.2) is 0 Å². The standard InChI is InChI=1S/C12H13Cl2NO4/c13-8-2-6(3-9(14)5-8)1-7(11(16)17)4-10(15)12(18)19/h2-3,5,7,10H,1,4,15H2,(H,16,17)(H,18,19)/t7-,10+/m0/s1. The van der Waals surface area contributed by atoms with Crippen molar-refractivity contribution in [1.29, 1.82) is 0 Å². The highest BCUT2D eigenvalue weighted by molar-refractivity contribution is 6.34. The van der Waals surface area contributed by atoms with Crippen LogP contribution in [0.4, 0.5) is 0 Å². The molecule has 0 aliphatic heterocycles. The smallest absolute Gasteiger partial charge is 0.320 e. The van der Waals surface area contributed by atoms with Gasteiger partial charge in [0.2, 0.25) is 0 Å². The van der Waals surface area contributed by atoms with Crippen molar-refractivity contribution in [3.05, 3.63) is 33.8 Å². The molecule has 1 aromatic carbocycles. The topological polar surface area (TPSA) is 101 Å². The molecule has 2 atom stereocenters. The number of benzene rings is 1. The first kappa shape index (κ1) is 15.8. The van der Waals surface area contributed by atoms with E-state index >= 15 is 0 Å². The van der Waals surface area contributed by atoms with E-state index in [4.69, 9.17) is 39.1 Å². The zero-order valence-corrected chi connectivity index (χ0v) is 11.4. The van der Waals surface area contributed by atoms with Crippen molar-refractivity contribution in [3.8, 4) is 0 Å². The van der Waals surface area contributed by atoms with Crippen molar-refractivity contribution in [3.63, 3.8) is 0 Å². The molecule has 1 rings (SSSR count). The molecule has 0 saturated heterocycles. The Morgan fingerprint density at radius 1 is 1.11 bits per heavy atom. The van der Waals surface area contributed by atoms with Crippen molar-refractivity contribution in [2.24, 2.45) is 11.7 Å². The van der Waals surface area contributed by atoms with E-state index in [0.717, 1.165) is 0 Å². The molecule has 104 valence electrons. The van der Waals surface area contributed by atoms with E-state index in [1.807, 2.05) is 0 Å². The summed E-state index contributed by atoms with van der Waals surface area (Å²) in [6.07, 6.45) is -0.0363. The van der Waals surface area contributed by atoms with Gasteiger partial charge in [-0.1, -0.05) is 23.2 Å². The molecule has 5 nitrogen and oxygen atoms in total. The first-order valence-corrected chi connectivity index (χ1v) is 6.21. The van der Waals surface area contributed by atoms with Gasteiger partial charge in [0.1, 0.15) is 6.04 Å². The minimum Gasteiger partial charge on any atom is -0.481 e. The Balaban J connectivity index is 2.84. The first-order chi connectivity index (χ1) is 8.79. The van der Waals surface area contributed by atoms with Gasteiger partial charge in [0.05, 0.1) is 5.92 Å². The lowest BCUT2D eigenvalue weighted by molar-refractivity contribution is -0.143. The van der Waals surface area contributed by atoms with Crippen molar-refractivity contribution in [1.82, 2.24) is 0 Å². The first-order valence-electron chi connectivity index (χ1n) is 5.45. The highest BCUT2D eigenvalue weighted by Crippen LogP contribution is 2.22. The lowest BCUT2D eigenvalue weighted by Crippen LogP contribution is -2.35. The number of aliphatic carboxylic acids is 2. The Morgan fingerprint density at radius 3 is 2.05 bits per heavy atom. The molecule has 0 aliphatic carbocycles. The van der Waals surface area contributed by atoms with Crippen molar-refractivity contribution >= 4 is 35.1 Å². The highest BCUT2D eigenvalue weighted by Gasteiger charge is 2.24. The van der Waals surface area contributed by atoms with E-state index in [9.17, 15) is 9.59 Å². The van der Waals surface area contributed by atoms with Gasteiger partial charge in [-0.05, 0) is 36.6 Å². The van der Waals surface area contributed by atoms with Crippen LogP contribution in [0.25, 0.3) is 0 Å². The summed E-state index contributed by atoms with van der Waals surface area (Å²) in [4.78, 5) is 21.8. The number of halogens is 2. The predicted molar refractivity (Wildman–Crippen MR) is 71.5 cm³/mol. The number of carbonyl (C=O) groups is 2. The Labute approximate surface area is 119 Å². The van der Waals surface area contributed by atoms with Crippen LogP contribution in [0.2, 0.25) is 10.0 Å². The van der Waals surface area contributed by atoms with Crippen molar-refractivity contribution < 1.29 is 19.8 Å². The molecule has 0 fully saturated rings. The second-order valence-corrected chi connectivity index (χ2v) is 5.07. The minimum atomic E-state index is -1.23. The molecule has 7 heteroatoms. The molecular formula is C12H13Cl2NO4. The van der Waals surface area contributed by atoms with E-state index in [1.165, 1.54) is 6.07 Å². The monoisotopic (exact) mass is 305 g/mol. The highest BCUT2D eigenvalue weighted by atomic mass is 35.5. The Kier molecular flexibility index (Phi) is 5.60. The van der Waals surface area contributed by atoms with Gasteiger partial charge in [-0.2, -0.15) is 0 Å². The van der Waals surface area contributed by atoms with Crippen LogP contribution in [0.5, 0.6) is 0 Å². The van der Waals surface area contributed by atoms with Gasteiger partial charge in [-0.3, -0.25) is 9.59 Å². The molecule has 0 amide bonds. The average Bonchev–Trinajstić information content (AvgIpc) is 2.26. The molecule has 0 heterocycles. The van der Waals surface area contributed by atoms with Gasteiger partial charge >= 0.3 is 11.9 Å². The molecule has 0 radical (unpaired) electrons. The van der Waals surface area contributed by atoms with Gasteiger partial charge in [-0.25, -0.2) is 0 Å². The predicted octanol–water partition coefficient (Wildman–Crippen LogP) is 2.04. The third kappa shape index (κ3) is 5.06. The van der Waals surface area contributed by atoms with Crippen LogP contribution < -0.4 is 5.73 Å². The van der Waals surface area contributed by atoms with E-state index in [0.29, 0.717) is 15.6 Å². The maximum Gasteiger partial charge on any atom is 0.320 e. The minimum absolute atomic E-state index is 0.122. The Hall–Kier alpha value is -1.30. The summed E-state index contributed by atoms with van der Waals surface area (Å²) in [7, 11) is 0. The lowest BCUT2D eigenvalue weighted by Gasteiger charge is -2.15. The summed E-state index contributed by atoms with van der Waals surface area (Å²) in [5, 5.41) is 18.6. The quantitative estimate of drug-likeness (QED) is 0.746. The normalized spacial score (nSPS) is 13.8. The third-order valence-corrected chi connectivity index (χ3v) is 3.05. The van der Waals surface area contributed by atoms with Crippen LogP contribution in [-0.4, -0.2) is 28.2 Å². The van der Waals surface area contributed by atoms with Crippen LogP contribution >= 0.6 is 23.2 Å². The second kappa shape index (κ2) is 6.75. The Morgan fingerprint density at radius 2 is 1.63 bits per heavy atom. The zero-order chi connectivity index (χ0) is 14.6. The number of hydrogen-bond donors (Lipinski definition) is 3. The fourth-order valence-electron chi connectivity index (χ4n) is 1.69. The summed E-state index contributed by atoms with van der Waals surface area (Å²) in [5.74, 6) is -3.23. The van der Waals surface area contributed by atoms with Gasteiger partial charge in [-0.15, -0.1) is 0 Å². The number of carboxylic acids is 2. The molecule has 4 N–H and O–H groups in total. The molecule has 0 saturated carbocycles. The van der Waals surface area contributed by atoms with Crippen molar-refractivity contribution in [2.45, 2.75) is 18.9 Å². The van der Waals surface area contributed by atoms with Gasteiger partial charge < -0.3 is 15.9 Å². The Bertz CT molecular complexity index is 472. The van der Waals surface area contributed by atoms with E-state index in [2.05, 4.69) is 0 Å². The lowest BCUT2D eigenvalue weighted by atomic mass is 9.93. The largest absolute Gasteiger partial charge is 0.481 e. The SMILES string of the molecule is N[C@H](C[C@H](Cc1cc(Cl)cc(Cl)c1)C(=O)O)C(=O)O. The summed E-state index contributed by atoms with van der Waals surface area (Å²) < 4.78 is 0. The summed E-state index contributed by atoms with van der Waals surface area (Å²) >= 11 is 11.6. The van der Waals surface area contributed by atoms with E-state index in [-0.39, 0.29) is 12.8 Å². The maximum absolute atomic E-state index is 11.1. The van der Waals surface area contributed by atoms with Crippen LogP contribution in [0.3, 0.4) is 0 Å². The van der Waals surface area contributed by atoms with E-state index < -0.39 is 23.9 Å².